The summed E-state index contributed by atoms with van der Waals surface area (Å²) in [6, 6.07) is 16.8. The highest BCUT2D eigenvalue weighted by Gasteiger charge is 2.29. The van der Waals surface area contributed by atoms with Gasteiger partial charge in [-0.1, -0.05) is 41.9 Å². The third-order valence-corrected chi connectivity index (χ3v) is 5.01. The van der Waals surface area contributed by atoms with Crippen molar-refractivity contribution in [1.29, 1.82) is 0 Å². The van der Waals surface area contributed by atoms with Crippen molar-refractivity contribution < 1.29 is 9.59 Å². The Kier molecular flexibility index (Phi) is 5.62. The van der Waals surface area contributed by atoms with E-state index in [1.54, 1.807) is 23.0 Å². The van der Waals surface area contributed by atoms with Gasteiger partial charge in [-0.3, -0.25) is 9.59 Å². The van der Waals surface area contributed by atoms with Crippen LogP contribution in [-0.2, 0) is 4.79 Å². The Morgan fingerprint density at radius 2 is 1.69 bits per heavy atom. The van der Waals surface area contributed by atoms with Crippen molar-refractivity contribution in [3.8, 4) is 16.9 Å². The molecule has 1 aliphatic rings. The summed E-state index contributed by atoms with van der Waals surface area (Å²) in [5, 5.41) is 11.0. The molecule has 29 heavy (non-hydrogen) atoms. The van der Waals surface area contributed by atoms with E-state index in [1.807, 2.05) is 42.5 Å². The van der Waals surface area contributed by atoms with Crippen LogP contribution < -0.4 is 10.6 Å². The molecule has 0 aliphatic heterocycles. The van der Waals surface area contributed by atoms with Gasteiger partial charge in [-0.05, 0) is 37.1 Å². The molecular weight excluding hydrogens is 388 g/mol. The Morgan fingerprint density at radius 1 is 1.00 bits per heavy atom. The van der Waals surface area contributed by atoms with E-state index in [2.05, 4.69) is 15.7 Å². The highest BCUT2D eigenvalue weighted by Crippen LogP contribution is 2.28. The zero-order valence-electron chi connectivity index (χ0n) is 15.8. The smallest absolute Gasteiger partial charge is 0.255 e. The first kappa shape index (κ1) is 19.2. The molecule has 0 spiro atoms. The number of nitrogens with one attached hydrogen (secondary N) is 2. The van der Waals surface area contributed by atoms with E-state index >= 15 is 0 Å². The van der Waals surface area contributed by atoms with Gasteiger partial charge in [0.15, 0.2) is 0 Å². The summed E-state index contributed by atoms with van der Waals surface area (Å²) in [7, 11) is 0. The number of halogens is 1. The second-order valence-electron chi connectivity index (χ2n) is 7.00. The molecule has 0 radical (unpaired) electrons. The average Bonchev–Trinajstić information content (AvgIpc) is 3.50. The largest absolute Gasteiger partial charge is 0.354 e. The number of nitrogens with zero attached hydrogens (tertiary/aromatic N) is 2. The molecule has 6 nitrogen and oxygen atoms in total. The number of para-hydroxylation sites is 1. The van der Waals surface area contributed by atoms with Gasteiger partial charge in [0, 0.05) is 35.8 Å². The lowest BCUT2D eigenvalue weighted by molar-refractivity contribution is -0.122. The maximum absolute atomic E-state index is 12.8. The summed E-state index contributed by atoms with van der Waals surface area (Å²) in [6.07, 6.45) is 3.64. The highest BCUT2D eigenvalue weighted by molar-refractivity contribution is 6.30. The lowest BCUT2D eigenvalue weighted by Crippen LogP contribution is -2.35. The second kappa shape index (κ2) is 8.49. The molecule has 1 heterocycles. The number of aromatic nitrogens is 2. The molecule has 0 atom stereocenters. The predicted octanol–water partition coefficient (Wildman–Crippen LogP) is 3.45. The van der Waals surface area contributed by atoms with Crippen LogP contribution in [0.2, 0.25) is 5.02 Å². The van der Waals surface area contributed by atoms with Gasteiger partial charge < -0.3 is 10.6 Å². The first-order valence-electron chi connectivity index (χ1n) is 9.59. The van der Waals surface area contributed by atoms with Crippen LogP contribution in [-0.4, -0.2) is 34.7 Å². The molecule has 1 saturated carbocycles. The third-order valence-electron chi connectivity index (χ3n) is 4.76. The third kappa shape index (κ3) is 4.66. The molecule has 3 aromatic rings. The molecule has 2 N–H and O–H groups in total. The van der Waals surface area contributed by atoms with Crippen molar-refractivity contribution in [3.63, 3.8) is 0 Å². The fourth-order valence-corrected chi connectivity index (χ4v) is 3.15. The zero-order chi connectivity index (χ0) is 20.2. The van der Waals surface area contributed by atoms with Gasteiger partial charge in [0.05, 0.1) is 11.3 Å². The Labute approximate surface area is 173 Å². The van der Waals surface area contributed by atoms with E-state index < -0.39 is 0 Å². The van der Waals surface area contributed by atoms with E-state index in [4.69, 9.17) is 11.6 Å². The zero-order valence-corrected chi connectivity index (χ0v) is 16.5. The average molecular weight is 409 g/mol. The maximum atomic E-state index is 12.8. The first-order valence-corrected chi connectivity index (χ1v) is 9.96. The molecule has 0 saturated heterocycles. The number of carbonyl (C=O) groups is 2. The Hall–Kier alpha value is -3.12. The SMILES string of the molecule is O=C(NCCNC(=O)C1CC1)c1cn(-c2ccccc2)nc1-c1ccc(Cl)cc1. The van der Waals surface area contributed by atoms with Gasteiger partial charge >= 0.3 is 0 Å². The number of hydrogen-bond donors (Lipinski definition) is 2. The Balaban J connectivity index is 1.53. The van der Waals surface area contributed by atoms with Crippen molar-refractivity contribution in [2.75, 3.05) is 13.1 Å². The van der Waals surface area contributed by atoms with E-state index in [9.17, 15) is 9.59 Å². The molecule has 148 valence electrons. The normalized spacial score (nSPS) is 13.1. The van der Waals surface area contributed by atoms with Crippen LogP contribution >= 0.6 is 11.6 Å². The van der Waals surface area contributed by atoms with E-state index in [-0.39, 0.29) is 17.7 Å². The van der Waals surface area contributed by atoms with Crippen LogP contribution in [0.3, 0.4) is 0 Å². The van der Waals surface area contributed by atoms with E-state index in [1.165, 1.54) is 0 Å². The van der Waals surface area contributed by atoms with Gasteiger partial charge in [0.2, 0.25) is 5.91 Å². The number of benzene rings is 2. The summed E-state index contributed by atoms with van der Waals surface area (Å²) < 4.78 is 1.69. The molecule has 1 fully saturated rings. The Bertz CT molecular complexity index is 1010. The molecular formula is C22H21ClN4O2. The number of rotatable bonds is 7. The van der Waals surface area contributed by atoms with Gasteiger partial charge in [0.1, 0.15) is 5.69 Å². The van der Waals surface area contributed by atoms with Crippen molar-refractivity contribution in [2.24, 2.45) is 5.92 Å². The fourth-order valence-electron chi connectivity index (χ4n) is 3.02. The number of amides is 2. The molecule has 7 heteroatoms. The second-order valence-corrected chi connectivity index (χ2v) is 7.44. The van der Waals surface area contributed by atoms with Gasteiger partial charge in [-0.25, -0.2) is 4.68 Å². The number of hydrogen-bond acceptors (Lipinski definition) is 3. The summed E-state index contributed by atoms with van der Waals surface area (Å²) in [6.45, 7) is 0.762. The summed E-state index contributed by atoms with van der Waals surface area (Å²) >= 11 is 6.00. The van der Waals surface area contributed by atoms with Crippen LogP contribution in [0.1, 0.15) is 23.2 Å². The van der Waals surface area contributed by atoms with Gasteiger partial charge in [-0.15, -0.1) is 0 Å². The predicted molar refractivity (Wildman–Crippen MR) is 112 cm³/mol. The maximum Gasteiger partial charge on any atom is 0.255 e. The first-order chi connectivity index (χ1) is 14.1. The number of carbonyl (C=O) groups excluding carboxylic acids is 2. The van der Waals surface area contributed by atoms with Crippen LogP contribution in [0.4, 0.5) is 0 Å². The van der Waals surface area contributed by atoms with Crippen LogP contribution in [0.5, 0.6) is 0 Å². The van der Waals surface area contributed by atoms with Crippen molar-refractivity contribution in [3.05, 3.63) is 71.4 Å². The molecule has 4 rings (SSSR count). The van der Waals surface area contributed by atoms with Gasteiger partial charge in [-0.2, -0.15) is 5.10 Å². The van der Waals surface area contributed by atoms with Crippen LogP contribution in [0.15, 0.2) is 60.8 Å². The minimum absolute atomic E-state index is 0.0676. The summed E-state index contributed by atoms with van der Waals surface area (Å²) in [5.74, 6) is -0.0119. The van der Waals surface area contributed by atoms with E-state index in [0.29, 0.717) is 29.4 Å². The van der Waals surface area contributed by atoms with Crippen LogP contribution in [0, 0.1) is 5.92 Å². The van der Waals surface area contributed by atoms with Gasteiger partial charge in [0.25, 0.3) is 5.91 Å². The highest BCUT2D eigenvalue weighted by atomic mass is 35.5. The summed E-state index contributed by atoms with van der Waals surface area (Å²) in [5.41, 5.74) is 2.70. The Morgan fingerprint density at radius 3 is 2.38 bits per heavy atom. The molecule has 0 unspecified atom stereocenters. The molecule has 2 aromatic carbocycles. The van der Waals surface area contributed by atoms with Crippen LogP contribution in [0.25, 0.3) is 16.9 Å². The molecule has 1 aliphatic carbocycles. The lowest BCUT2D eigenvalue weighted by atomic mass is 10.1. The van der Waals surface area contributed by atoms with Crippen molar-refractivity contribution in [1.82, 2.24) is 20.4 Å². The minimum atomic E-state index is -0.238. The van der Waals surface area contributed by atoms with E-state index in [0.717, 1.165) is 24.1 Å². The molecule has 1 aromatic heterocycles. The minimum Gasteiger partial charge on any atom is -0.354 e. The molecule has 2 amide bonds. The van der Waals surface area contributed by atoms with Crippen molar-refractivity contribution >= 4 is 23.4 Å². The fraction of sp³-hybridized carbons (Fsp3) is 0.227. The quantitative estimate of drug-likeness (QED) is 0.588. The summed E-state index contributed by atoms with van der Waals surface area (Å²) in [4.78, 5) is 24.5. The lowest BCUT2D eigenvalue weighted by Gasteiger charge is -2.07. The monoisotopic (exact) mass is 408 g/mol. The topological polar surface area (TPSA) is 76.0 Å². The van der Waals surface area contributed by atoms with Crippen molar-refractivity contribution in [2.45, 2.75) is 12.8 Å². The molecule has 0 bridgehead atoms. The standard InChI is InChI=1S/C22H21ClN4O2/c23-17-10-8-15(9-11-17)20-19(14-27(26-20)18-4-2-1-3-5-18)22(29)25-13-12-24-21(28)16-6-7-16/h1-5,8-11,14,16H,6-7,12-13H2,(H,24,28)(H,25,29).